The van der Waals surface area contributed by atoms with Gasteiger partial charge in [-0.3, -0.25) is 19.3 Å². The van der Waals surface area contributed by atoms with Crippen LogP contribution < -0.4 is 11.1 Å². The molecule has 0 fully saturated rings. The average molecular weight is 303 g/mol. The van der Waals surface area contributed by atoms with E-state index in [1.54, 1.807) is 19.1 Å². The molecule has 1 aliphatic heterocycles. The van der Waals surface area contributed by atoms with E-state index in [0.717, 1.165) is 12.8 Å². The first-order valence-corrected chi connectivity index (χ1v) is 7.50. The molecular weight excluding hydrogens is 282 g/mol. The minimum atomic E-state index is -0.324. The number of amides is 3. The standard InChI is InChI=1S/C16H21N3O3/c1-3-4-7-19-15(21)12-6-5-11(8-13(12)16(19)22)14(20)18-10(2)9-17/h5-6,8,10H,3-4,7,9,17H2,1-2H3,(H,18,20)/t10-/m0/s1. The van der Waals surface area contributed by atoms with Crippen molar-refractivity contribution in [3.8, 4) is 0 Å². The topological polar surface area (TPSA) is 92.5 Å². The second-order valence-electron chi connectivity index (χ2n) is 5.49. The molecule has 0 saturated carbocycles. The molecule has 0 saturated heterocycles. The van der Waals surface area contributed by atoms with Gasteiger partial charge in [0.05, 0.1) is 11.1 Å². The normalized spacial score (nSPS) is 15.0. The number of hydrogen-bond acceptors (Lipinski definition) is 4. The van der Waals surface area contributed by atoms with Crippen LogP contribution in [0.25, 0.3) is 0 Å². The van der Waals surface area contributed by atoms with E-state index in [0.29, 0.717) is 29.8 Å². The van der Waals surface area contributed by atoms with Gasteiger partial charge in [-0.05, 0) is 31.5 Å². The molecule has 118 valence electrons. The number of nitrogens with one attached hydrogen (secondary N) is 1. The molecule has 0 unspecified atom stereocenters. The van der Waals surface area contributed by atoms with Gasteiger partial charge in [-0.15, -0.1) is 0 Å². The molecule has 3 N–H and O–H groups in total. The Bertz CT molecular complexity index is 613. The van der Waals surface area contributed by atoms with Gasteiger partial charge >= 0.3 is 0 Å². The van der Waals surface area contributed by atoms with E-state index in [1.807, 2.05) is 6.92 Å². The maximum atomic E-state index is 12.3. The SMILES string of the molecule is CCCCN1C(=O)c2ccc(C(=O)N[C@@H](C)CN)cc2C1=O. The Morgan fingerprint density at radius 3 is 2.59 bits per heavy atom. The van der Waals surface area contributed by atoms with Crippen LogP contribution in [-0.4, -0.2) is 41.8 Å². The molecule has 0 aliphatic carbocycles. The number of rotatable bonds is 6. The second-order valence-corrected chi connectivity index (χ2v) is 5.49. The Morgan fingerprint density at radius 2 is 1.95 bits per heavy atom. The summed E-state index contributed by atoms with van der Waals surface area (Å²) in [5, 5.41) is 2.73. The monoisotopic (exact) mass is 303 g/mol. The maximum Gasteiger partial charge on any atom is 0.261 e. The maximum absolute atomic E-state index is 12.3. The third-order valence-corrected chi connectivity index (χ3v) is 3.70. The van der Waals surface area contributed by atoms with Crippen LogP contribution in [0.4, 0.5) is 0 Å². The van der Waals surface area contributed by atoms with Crippen molar-refractivity contribution < 1.29 is 14.4 Å². The van der Waals surface area contributed by atoms with Crippen molar-refractivity contribution in [3.05, 3.63) is 34.9 Å². The second kappa shape index (κ2) is 6.70. The van der Waals surface area contributed by atoms with Crippen molar-refractivity contribution in [2.75, 3.05) is 13.1 Å². The van der Waals surface area contributed by atoms with Crippen LogP contribution in [0.3, 0.4) is 0 Å². The molecule has 0 aromatic heterocycles. The van der Waals surface area contributed by atoms with Crippen LogP contribution >= 0.6 is 0 Å². The Labute approximate surface area is 129 Å². The van der Waals surface area contributed by atoms with Crippen LogP contribution in [0.5, 0.6) is 0 Å². The highest BCUT2D eigenvalue weighted by Crippen LogP contribution is 2.24. The van der Waals surface area contributed by atoms with Gasteiger partial charge in [0, 0.05) is 24.7 Å². The average Bonchev–Trinajstić information content (AvgIpc) is 2.76. The molecule has 6 nitrogen and oxygen atoms in total. The van der Waals surface area contributed by atoms with E-state index >= 15 is 0 Å². The molecule has 1 aromatic rings. The first kappa shape index (κ1) is 16.2. The van der Waals surface area contributed by atoms with Crippen molar-refractivity contribution >= 4 is 17.7 Å². The molecule has 22 heavy (non-hydrogen) atoms. The van der Waals surface area contributed by atoms with Crippen molar-refractivity contribution in [2.24, 2.45) is 5.73 Å². The van der Waals surface area contributed by atoms with Crippen molar-refractivity contribution in [3.63, 3.8) is 0 Å². The predicted octanol–water partition coefficient (Wildman–Crippen LogP) is 1.16. The summed E-state index contributed by atoms with van der Waals surface area (Å²) in [4.78, 5) is 37.9. The van der Waals surface area contributed by atoms with Crippen LogP contribution in [0.2, 0.25) is 0 Å². The lowest BCUT2D eigenvalue weighted by Gasteiger charge is -2.12. The third-order valence-electron chi connectivity index (χ3n) is 3.70. The van der Waals surface area contributed by atoms with Gasteiger partial charge < -0.3 is 11.1 Å². The summed E-state index contributed by atoms with van der Waals surface area (Å²) in [5.41, 5.74) is 6.50. The van der Waals surface area contributed by atoms with Crippen LogP contribution in [0, 0.1) is 0 Å². The van der Waals surface area contributed by atoms with Crippen molar-refractivity contribution in [1.29, 1.82) is 0 Å². The number of hydrogen-bond donors (Lipinski definition) is 2. The van der Waals surface area contributed by atoms with Gasteiger partial charge in [-0.1, -0.05) is 13.3 Å². The van der Waals surface area contributed by atoms with Crippen LogP contribution in [0.15, 0.2) is 18.2 Å². The highest BCUT2D eigenvalue weighted by Gasteiger charge is 2.35. The number of unbranched alkanes of at least 4 members (excludes halogenated alkanes) is 1. The molecule has 6 heteroatoms. The van der Waals surface area contributed by atoms with Crippen molar-refractivity contribution in [1.82, 2.24) is 10.2 Å². The minimum Gasteiger partial charge on any atom is -0.348 e. The largest absolute Gasteiger partial charge is 0.348 e. The van der Waals surface area contributed by atoms with Crippen LogP contribution in [-0.2, 0) is 0 Å². The van der Waals surface area contributed by atoms with Crippen LogP contribution in [0.1, 0.15) is 57.8 Å². The molecule has 1 aliphatic rings. The summed E-state index contributed by atoms with van der Waals surface area (Å²) < 4.78 is 0. The fourth-order valence-electron chi connectivity index (χ4n) is 2.32. The van der Waals surface area contributed by atoms with Gasteiger partial charge in [-0.25, -0.2) is 0 Å². The first-order valence-electron chi connectivity index (χ1n) is 7.50. The quantitative estimate of drug-likeness (QED) is 0.771. The molecule has 1 atom stereocenters. The lowest BCUT2D eigenvalue weighted by atomic mass is 10.1. The summed E-state index contributed by atoms with van der Waals surface area (Å²) in [7, 11) is 0. The summed E-state index contributed by atoms with van der Waals surface area (Å²) in [6.07, 6.45) is 1.67. The summed E-state index contributed by atoms with van der Waals surface area (Å²) >= 11 is 0. The summed E-state index contributed by atoms with van der Waals surface area (Å²) in [5.74, 6) is -0.904. The molecular formula is C16H21N3O3. The number of carbonyl (C=O) groups excluding carboxylic acids is 3. The number of benzene rings is 1. The summed E-state index contributed by atoms with van der Waals surface area (Å²) in [6.45, 7) is 4.54. The Kier molecular flexibility index (Phi) is 4.92. The Morgan fingerprint density at radius 1 is 1.27 bits per heavy atom. The minimum absolute atomic E-state index is 0.154. The zero-order valence-electron chi connectivity index (χ0n) is 12.9. The van der Waals surface area contributed by atoms with E-state index < -0.39 is 0 Å². The first-order chi connectivity index (χ1) is 10.5. The van der Waals surface area contributed by atoms with E-state index in [1.165, 1.54) is 11.0 Å². The van der Waals surface area contributed by atoms with E-state index in [2.05, 4.69) is 5.32 Å². The lowest BCUT2D eigenvalue weighted by Crippen LogP contribution is -2.37. The fraction of sp³-hybridized carbons (Fsp3) is 0.438. The van der Waals surface area contributed by atoms with E-state index in [-0.39, 0.29) is 23.8 Å². The van der Waals surface area contributed by atoms with Gasteiger partial charge in [0.2, 0.25) is 0 Å². The molecule has 1 heterocycles. The molecule has 2 rings (SSSR count). The molecule has 0 bridgehead atoms. The summed E-state index contributed by atoms with van der Waals surface area (Å²) in [6, 6.07) is 4.44. The molecule has 0 radical (unpaired) electrons. The smallest absolute Gasteiger partial charge is 0.261 e. The number of imide groups is 1. The van der Waals surface area contributed by atoms with Crippen molar-refractivity contribution in [2.45, 2.75) is 32.7 Å². The van der Waals surface area contributed by atoms with E-state index in [9.17, 15) is 14.4 Å². The molecule has 1 aromatic carbocycles. The zero-order valence-corrected chi connectivity index (χ0v) is 12.9. The predicted molar refractivity (Wildman–Crippen MR) is 82.7 cm³/mol. The lowest BCUT2D eigenvalue weighted by molar-refractivity contribution is 0.0652. The van der Waals surface area contributed by atoms with Gasteiger partial charge in [-0.2, -0.15) is 0 Å². The van der Waals surface area contributed by atoms with Gasteiger partial charge in [0.15, 0.2) is 0 Å². The Balaban J connectivity index is 2.23. The fourth-order valence-corrected chi connectivity index (χ4v) is 2.32. The highest BCUT2D eigenvalue weighted by molar-refractivity contribution is 6.22. The number of fused-ring (bicyclic) bond motifs is 1. The number of carbonyl (C=O) groups is 3. The van der Waals surface area contributed by atoms with Gasteiger partial charge in [0.1, 0.15) is 0 Å². The highest BCUT2D eigenvalue weighted by atomic mass is 16.2. The molecule has 3 amide bonds. The molecule has 0 spiro atoms. The Hall–Kier alpha value is -2.21. The third kappa shape index (κ3) is 3.01. The zero-order chi connectivity index (χ0) is 16.3. The van der Waals surface area contributed by atoms with Gasteiger partial charge in [0.25, 0.3) is 17.7 Å². The number of nitrogens with two attached hydrogens (primary N) is 1. The number of nitrogens with zero attached hydrogens (tertiary/aromatic N) is 1. The van der Waals surface area contributed by atoms with E-state index in [4.69, 9.17) is 5.73 Å².